The Balaban J connectivity index is 2.20. The van der Waals surface area contributed by atoms with Crippen molar-refractivity contribution in [3.63, 3.8) is 0 Å². The molecule has 1 aromatic carbocycles. The molecule has 1 aromatic heterocycles. The van der Waals surface area contributed by atoms with Crippen LogP contribution in [0, 0.1) is 0 Å². The van der Waals surface area contributed by atoms with Gasteiger partial charge in [-0.1, -0.05) is 18.5 Å². The van der Waals surface area contributed by atoms with Crippen LogP contribution < -0.4 is 5.32 Å². The average molecular weight is 345 g/mol. The first-order valence-electron chi connectivity index (χ1n) is 6.14. The Kier molecular flexibility index (Phi) is 4.96. The zero-order chi connectivity index (χ0) is 13.8. The van der Waals surface area contributed by atoms with E-state index in [1.807, 2.05) is 13.0 Å². The van der Waals surface area contributed by atoms with Gasteiger partial charge in [-0.05, 0) is 54.0 Å². The minimum absolute atomic E-state index is 0.0484. The van der Waals surface area contributed by atoms with E-state index in [-0.39, 0.29) is 6.04 Å². The molecular weight excluding hydrogens is 330 g/mol. The molecule has 4 nitrogen and oxygen atoms in total. The molecule has 0 aliphatic carbocycles. The summed E-state index contributed by atoms with van der Waals surface area (Å²) in [6.07, 6.45) is 1.06. The predicted octanol–water partition coefficient (Wildman–Crippen LogP) is 4.21. The molecule has 0 fully saturated rings. The molecule has 1 heterocycles. The van der Waals surface area contributed by atoms with E-state index in [1.165, 1.54) is 0 Å². The Bertz CT molecular complexity index is 559. The van der Waals surface area contributed by atoms with Crippen molar-refractivity contribution >= 4 is 27.5 Å². The molecule has 2 aromatic rings. The molecule has 0 radical (unpaired) electrons. The number of halogens is 2. The van der Waals surface area contributed by atoms with Crippen LogP contribution in [0.1, 0.15) is 32.2 Å². The number of hydrogen-bond acceptors (Lipinski definition) is 4. The standard InChI is InChI=1S/C13H15BrClN3O/c1-3-6-16-8(2)12-17-18-13(19-12)10-5-4-9(15)7-11(10)14/h4-5,7-8,16H,3,6H2,1-2H3. The van der Waals surface area contributed by atoms with Crippen molar-refractivity contribution < 1.29 is 4.42 Å². The van der Waals surface area contributed by atoms with Crippen LogP contribution in [0.3, 0.4) is 0 Å². The van der Waals surface area contributed by atoms with Crippen LogP contribution >= 0.6 is 27.5 Å². The first kappa shape index (κ1) is 14.5. The highest BCUT2D eigenvalue weighted by molar-refractivity contribution is 9.10. The van der Waals surface area contributed by atoms with Crippen LogP contribution in [-0.4, -0.2) is 16.7 Å². The third-order valence-corrected chi connectivity index (χ3v) is 3.56. The van der Waals surface area contributed by atoms with E-state index >= 15 is 0 Å². The molecule has 0 spiro atoms. The number of rotatable bonds is 5. The number of nitrogens with zero attached hydrogens (tertiary/aromatic N) is 2. The quantitative estimate of drug-likeness (QED) is 0.882. The Labute approximate surface area is 125 Å². The summed E-state index contributed by atoms with van der Waals surface area (Å²) in [4.78, 5) is 0. The molecule has 1 unspecified atom stereocenters. The normalized spacial score (nSPS) is 12.6. The minimum atomic E-state index is 0.0484. The number of aromatic nitrogens is 2. The Morgan fingerprint density at radius 1 is 1.42 bits per heavy atom. The molecule has 0 saturated heterocycles. The molecule has 0 saturated carbocycles. The van der Waals surface area contributed by atoms with Gasteiger partial charge >= 0.3 is 0 Å². The third kappa shape index (κ3) is 3.55. The van der Waals surface area contributed by atoms with Crippen LogP contribution in [-0.2, 0) is 0 Å². The van der Waals surface area contributed by atoms with Crippen molar-refractivity contribution in [3.05, 3.63) is 33.6 Å². The van der Waals surface area contributed by atoms with Gasteiger partial charge in [-0.15, -0.1) is 10.2 Å². The Morgan fingerprint density at radius 2 is 2.21 bits per heavy atom. The van der Waals surface area contributed by atoms with Gasteiger partial charge in [0, 0.05) is 9.50 Å². The van der Waals surface area contributed by atoms with E-state index < -0.39 is 0 Å². The second-order valence-corrected chi connectivity index (χ2v) is 5.54. The highest BCUT2D eigenvalue weighted by atomic mass is 79.9. The average Bonchev–Trinajstić information content (AvgIpc) is 2.85. The van der Waals surface area contributed by atoms with E-state index in [9.17, 15) is 0 Å². The van der Waals surface area contributed by atoms with E-state index in [2.05, 4.69) is 38.4 Å². The summed E-state index contributed by atoms with van der Waals surface area (Å²) in [5.74, 6) is 1.08. The molecule has 0 aliphatic heterocycles. The molecule has 1 atom stereocenters. The topological polar surface area (TPSA) is 51.0 Å². The van der Waals surface area contributed by atoms with Crippen molar-refractivity contribution in [1.82, 2.24) is 15.5 Å². The second-order valence-electron chi connectivity index (χ2n) is 4.25. The molecule has 0 amide bonds. The fourth-order valence-electron chi connectivity index (χ4n) is 1.63. The molecule has 0 aliphatic rings. The maximum Gasteiger partial charge on any atom is 0.248 e. The van der Waals surface area contributed by atoms with Crippen LogP contribution in [0.15, 0.2) is 27.1 Å². The van der Waals surface area contributed by atoms with Crippen LogP contribution in [0.4, 0.5) is 0 Å². The summed E-state index contributed by atoms with van der Waals surface area (Å²) in [6.45, 7) is 5.04. The predicted molar refractivity (Wildman–Crippen MR) is 79.2 cm³/mol. The van der Waals surface area contributed by atoms with Gasteiger partial charge in [-0.2, -0.15) is 0 Å². The van der Waals surface area contributed by atoms with E-state index in [4.69, 9.17) is 16.0 Å². The van der Waals surface area contributed by atoms with Gasteiger partial charge in [0.2, 0.25) is 11.8 Å². The summed E-state index contributed by atoms with van der Waals surface area (Å²) in [5.41, 5.74) is 0.839. The molecule has 0 bridgehead atoms. The molecule has 19 heavy (non-hydrogen) atoms. The van der Waals surface area contributed by atoms with E-state index in [0.29, 0.717) is 16.8 Å². The van der Waals surface area contributed by atoms with Crippen LogP contribution in [0.2, 0.25) is 5.02 Å². The fourth-order valence-corrected chi connectivity index (χ4v) is 2.48. The highest BCUT2D eigenvalue weighted by Crippen LogP contribution is 2.30. The summed E-state index contributed by atoms with van der Waals surface area (Å²) in [5, 5.41) is 12.1. The fraction of sp³-hybridized carbons (Fsp3) is 0.385. The zero-order valence-corrected chi connectivity index (χ0v) is 13.1. The van der Waals surface area contributed by atoms with Crippen LogP contribution in [0.25, 0.3) is 11.5 Å². The first-order chi connectivity index (χ1) is 9.11. The van der Waals surface area contributed by atoms with Gasteiger partial charge in [-0.3, -0.25) is 0 Å². The van der Waals surface area contributed by atoms with Crippen LogP contribution in [0.5, 0.6) is 0 Å². The minimum Gasteiger partial charge on any atom is -0.419 e. The molecule has 2 rings (SSSR count). The third-order valence-electron chi connectivity index (χ3n) is 2.67. The van der Waals surface area contributed by atoms with Gasteiger partial charge in [0.15, 0.2) is 0 Å². The van der Waals surface area contributed by atoms with E-state index in [1.54, 1.807) is 12.1 Å². The largest absolute Gasteiger partial charge is 0.419 e. The molecular formula is C13H15BrClN3O. The van der Waals surface area contributed by atoms with Crippen molar-refractivity contribution in [2.75, 3.05) is 6.54 Å². The smallest absolute Gasteiger partial charge is 0.248 e. The Morgan fingerprint density at radius 3 is 2.89 bits per heavy atom. The van der Waals surface area contributed by atoms with Gasteiger partial charge < -0.3 is 9.73 Å². The summed E-state index contributed by atoms with van der Waals surface area (Å²) >= 11 is 9.35. The second kappa shape index (κ2) is 6.50. The monoisotopic (exact) mass is 343 g/mol. The van der Waals surface area contributed by atoms with Crippen molar-refractivity contribution in [1.29, 1.82) is 0 Å². The lowest BCUT2D eigenvalue weighted by atomic mass is 10.2. The zero-order valence-electron chi connectivity index (χ0n) is 10.8. The lowest BCUT2D eigenvalue weighted by Crippen LogP contribution is -2.19. The first-order valence-corrected chi connectivity index (χ1v) is 7.31. The van der Waals surface area contributed by atoms with Crippen molar-refractivity contribution in [2.45, 2.75) is 26.3 Å². The summed E-state index contributed by atoms with van der Waals surface area (Å²) in [7, 11) is 0. The van der Waals surface area contributed by atoms with Gasteiger partial charge in [-0.25, -0.2) is 0 Å². The molecule has 1 N–H and O–H groups in total. The van der Waals surface area contributed by atoms with Crippen molar-refractivity contribution in [3.8, 4) is 11.5 Å². The number of nitrogens with one attached hydrogen (secondary N) is 1. The number of benzene rings is 1. The molecule has 6 heteroatoms. The van der Waals surface area contributed by atoms with Gasteiger partial charge in [0.25, 0.3) is 0 Å². The number of hydrogen-bond donors (Lipinski definition) is 1. The van der Waals surface area contributed by atoms with Crippen molar-refractivity contribution in [2.24, 2.45) is 0 Å². The lowest BCUT2D eigenvalue weighted by Gasteiger charge is -2.07. The maximum atomic E-state index is 5.91. The SMILES string of the molecule is CCCNC(C)c1nnc(-c2ccc(Cl)cc2Br)o1. The lowest BCUT2D eigenvalue weighted by molar-refractivity contribution is 0.423. The Hall–Kier alpha value is -0.910. The van der Waals surface area contributed by atoms with Gasteiger partial charge in [0.05, 0.1) is 11.6 Å². The summed E-state index contributed by atoms with van der Waals surface area (Å²) in [6, 6.07) is 5.50. The van der Waals surface area contributed by atoms with Gasteiger partial charge in [0.1, 0.15) is 0 Å². The summed E-state index contributed by atoms with van der Waals surface area (Å²) < 4.78 is 6.53. The van der Waals surface area contributed by atoms with E-state index in [0.717, 1.165) is 23.0 Å². The molecule has 102 valence electrons. The highest BCUT2D eigenvalue weighted by Gasteiger charge is 2.15. The maximum absolute atomic E-state index is 5.91.